The fraction of sp³-hybridized carbons (Fsp3) is 1.00. The van der Waals surface area contributed by atoms with Crippen LogP contribution in [0.1, 0.15) is 32.1 Å². The summed E-state index contributed by atoms with van der Waals surface area (Å²) in [5.41, 5.74) is 0. The molecule has 106 valence electrons. The molecule has 0 aromatic rings. The van der Waals surface area contributed by atoms with Crippen molar-refractivity contribution in [2.24, 2.45) is 17.8 Å². The quantitative estimate of drug-likeness (QED) is 0.647. The van der Waals surface area contributed by atoms with Gasteiger partial charge in [0.25, 0.3) is 10.2 Å². The van der Waals surface area contributed by atoms with Gasteiger partial charge in [-0.05, 0) is 49.9 Å². The summed E-state index contributed by atoms with van der Waals surface area (Å²) in [6, 6.07) is 0. The lowest BCUT2D eigenvalue weighted by atomic mass is 9.99. The number of hydrogen-bond acceptors (Lipinski definition) is 3. The normalized spacial score (nSPS) is 20.9. The molecule has 2 N–H and O–H groups in total. The van der Waals surface area contributed by atoms with E-state index in [1.54, 1.807) is 7.05 Å². The Bertz CT molecular complexity index is 352. The standard InChI is InChI=1S/C12H24N2O3S/c1-14(7-2-8-15)18(16,17)13-9-12(10-3-4-10)11-5-6-11/h10-13,15H,2-9H2,1H3. The van der Waals surface area contributed by atoms with Crippen LogP contribution in [0.15, 0.2) is 0 Å². The average molecular weight is 276 g/mol. The Kier molecular flexibility index (Phi) is 4.64. The number of rotatable bonds is 9. The molecule has 5 nitrogen and oxygen atoms in total. The van der Waals surface area contributed by atoms with E-state index in [0.29, 0.717) is 25.4 Å². The minimum Gasteiger partial charge on any atom is -0.396 e. The van der Waals surface area contributed by atoms with E-state index < -0.39 is 10.2 Å². The molecule has 0 aromatic heterocycles. The van der Waals surface area contributed by atoms with Crippen LogP contribution in [0.2, 0.25) is 0 Å². The first-order chi connectivity index (χ1) is 8.54. The summed E-state index contributed by atoms with van der Waals surface area (Å²) >= 11 is 0. The van der Waals surface area contributed by atoms with Gasteiger partial charge in [-0.15, -0.1) is 0 Å². The molecule has 0 aromatic carbocycles. The van der Waals surface area contributed by atoms with E-state index in [2.05, 4.69) is 4.72 Å². The van der Waals surface area contributed by atoms with Crippen LogP contribution >= 0.6 is 0 Å². The van der Waals surface area contributed by atoms with Crippen molar-refractivity contribution in [1.82, 2.24) is 9.03 Å². The lowest BCUT2D eigenvalue weighted by Gasteiger charge is -2.21. The molecule has 0 heterocycles. The minimum absolute atomic E-state index is 0.0205. The van der Waals surface area contributed by atoms with Crippen molar-refractivity contribution in [1.29, 1.82) is 0 Å². The molecule has 0 radical (unpaired) electrons. The Balaban J connectivity index is 1.79. The van der Waals surface area contributed by atoms with Crippen molar-refractivity contribution in [3.63, 3.8) is 0 Å². The van der Waals surface area contributed by atoms with E-state index in [1.807, 2.05) is 0 Å². The Hall–Kier alpha value is -0.170. The summed E-state index contributed by atoms with van der Waals surface area (Å²) in [5.74, 6) is 2.05. The van der Waals surface area contributed by atoms with E-state index in [1.165, 1.54) is 30.0 Å². The highest BCUT2D eigenvalue weighted by atomic mass is 32.2. The van der Waals surface area contributed by atoms with Crippen LogP contribution in [0.4, 0.5) is 0 Å². The van der Waals surface area contributed by atoms with E-state index in [9.17, 15) is 8.42 Å². The molecule has 0 amide bonds. The minimum atomic E-state index is -3.37. The highest BCUT2D eigenvalue weighted by Gasteiger charge is 2.41. The van der Waals surface area contributed by atoms with Gasteiger partial charge >= 0.3 is 0 Å². The van der Waals surface area contributed by atoms with Gasteiger partial charge in [0.2, 0.25) is 0 Å². The van der Waals surface area contributed by atoms with Gasteiger partial charge in [0.15, 0.2) is 0 Å². The van der Waals surface area contributed by atoms with Gasteiger partial charge in [-0.25, -0.2) is 4.72 Å². The molecule has 2 aliphatic rings. The lowest BCUT2D eigenvalue weighted by molar-refractivity contribution is 0.275. The second-order valence-corrected chi connectivity index (χ2v) is 7.45. The summed E-state index contributed by atoms with van der Waals surface area (Å²) in [6.45, 7) is 0.969. The van der Waals surface area contributed by atoms with Gasteiger partial charge in [0.1, 0.15) is 0 Å². The first-order valence-electron chi connectivity index (χ1n) is 6.86. The van der Waals surface area contributed by atoms with Crippen LogP contribution in [-0.2, 0) is 10.2 Å². The molecule has 6 heteroatoms. The summed E-state index contributed by atoms with van der Waals surface area (Å²) in [7, 11) is -1.81. The van der Waals surface area contributed by atoms with Gasteiger partial charge in [-0.1, -0.05) is 0 Å². The first-order valence-corrected chi connectivity index (χ1v) is 8.30. The fourth-order valence-corrected chi connectivity index (χ4v) is 3.49. The van der Waals surface area contributed by atoms with Gasteiger partial charge in [0, 0.05) is 26.7 Å². The monoisotopic (exact) mass is 276 g/mol. The Morgan fingerprint density at radius 3 is 2.28 bits per heavy atom. The fourth-order valence-electron chi connectivity index (χ4n) is 2.49. The van der Waals surface area contributed by atoms with Crippen LogP contribution in [-0.4, -0.2) is 44.6 Å². The topological polar surface area (TPSA) is 69.6 Å². The number of aliphatic hydroxyl groups excluding tert-OH is 1. The van der Waals surface area contributed by atoms with Crippen LogP contribution in [0.3, 0.4) is 0 Å². The van der Waals surface area contributed by atoms with Crippen LogP contribution in [0, 0.1) is 17.8 Å². The third-order valence-electron chi connectivity index (χ3n) is 4.00. The zero-order chi connectivity index (χ0) is 13.2. The molecule has 0 bridgehead atoms. The van der Waals surface area contributed by atoms with Crippen molar-refractivity contribution in [3.8, 4) is 0 Å². The molecule has 2 rings (SSSR count). The molecule has 2 saturated carbocycles. The maximum atomic E-state index is 12.0. The van der Waals surface area contributed by atoms with Crippen molar-refractivity contribution in [2.75, 3.05) is 26.7 Å². The molecule has 0 atom stereocenters. The Morgan fingerprint density at radius 2 is 1.83 bits per heavy atom. The maximum Gasteiger partial charge on any atom is 0.279 e. The number of nitrogens with one attached hydrogen (secondary N) is 1. The number of hydrogen-bond donors (Lipinski definition) is 2. The second-order valence-electron chi connectivity index (χ2n) is 5.59. The Labute approximate surface area is 110 Å². The first kappa shape index (κ1) is 14.2. The van der Waals surface area contributed by atoms with Crippen molar-refractivity contribution < 1.29 is 13.5 Å². The predicted octanol–water partition coefficient (Wildman–Crippen LogP) is 0.571. The molecule has 2 fully saturated rings. The summed E-state index contributed by atoms with van der Waals surface area (Å²) in [5, 5.41) is 8.72. The highest BCUT2D eigenvalue weighted by Crippen LogP contribution is 2.48. The van der Waals surface area contributed by atoms with Gasteiger partial charge < -0.3 is 5.11 Å². The van der Waals surface area contributed by atoms with Crippen molar-refractivity contribution in [2.45, 2.75) is 32.1 Å². The van der Waals surface area contributed by atoms with Gasteiger partial charge in [-0.2, -0.15) is 12.7 Å². The van der Waals surface area contributed by atoms with Gasteiger partial charge in [0.05, 0.1) is 0 Å². The SMILES string of the molecule is CN(CCCO)S(=O)(=O)NCC(C1CC1)C1CC1. The Morgan fingerprint density at radius 1 is 1.28 bits per heavy atom. The zero-order valence-corrected chi connectivity index (χ0v) is 11.8. The molecular formula is C12H24N2O3S. The summed E-state index contributed by atoms with van der Waals surface area (Å²) in [6.07, 6.45) is 5.55. The molecule has 18 heavy (non-hydrogen) atoms. The number of aliphatic hydroxyl groups is 1. The van der Waals surface area contributed by atoms with E-state index >= 15 is 0 Å². The van der Waals surface area contributed by atoms with Crippen molar-refractivity contribution in [3.05, 3.63) is 0 Å². The average Bonchev–Trinajstić information content (AvgIpc) is 3.16. The van der Waals surface area contributed by atoms with Crippen LogP contribution < -0.4 is 4.72 Å². The number of nitrogens with zero attached hydrogens (tertiary/aromatic N) is 1. The smallest absolute Gasteiger partial charge is 0.279 e. The third kappa shape index (κ3) is 3.91. The lowest BCUT2D eigenvalue weighted by Crippen LogP contribution is -2.41. The molecule has 0 unspecified atom stereocenters. The van der Waals surface area contributed by atoms with Crippen molar-refractivity contribution >= 4 is 10.2 Å². The zero-order valence-electron chi connectivity index (χ0n) is 11.0. The predicted molar refractivity (Wildman–Crippen MR) is 70.2 cm³/mol. The molecular weight excluding hydrogens is 252 g/mol. The molecule has 0 spiro atoms. The molecule has 0 aliphatic heterocycles. The highest BCUT2D eigenvalue weighted by molar-refractivity contribution is 7.87. The van der Waals surface area contributed by atoms with Crippen LogP contribution in [0.25, 0.3) is 0 Å². The van der Waals surface area contributed by atoms with E-state index in [-0.39, 0.29) is 6.61 Å². The summed E-state index contributed by atoms with van der Waals surface area (Å²) < 4.78 is 27.9. The maximum absolute atomic E-state index is 12.0. The molecule has 0 saturated heterocycles. The van der Waals surface area contributed by atoms with Crippen LogP contribution in [0.5, 0.6) is 0 Å². The largest absolute Gasteiger partial charge is 0.396 e. The van der Waals surface area contributed by atoms with Gasteiger partial charge in [-0.3, -0.25) is 0 Å². The van der Waals surface area contributed by atoms with E-state index in [4.69, 9.17) is 5.11 Å². The second kappa shape index (κ2) is 5.86. The third-order valence-corrected chi connectivity index (χ3v) is 5.53. The summed E-state index contributed by atoms with van der Waals surface area (Å²) in [4.78, 5) is 0. The van der Waals surface area contributed by atoms with E-state index in [0.717, 1.165) is 11.8 Å². The molecule has 2 aliphatic carbocycles.